The van der Waals surface area contributed by atoms with Crippen molar-refractivity contribution in [2.45, 2.75) is 30.7 Å². The van der Waals surface area contributed by atoms with Crippen molar-refractivity contribution in [1.29, 1.82) is 0 Å². The third-order valence-electron chi connectivity index (χ3n) is 3.93. The Hall–Kier alpha value is -1.86. The quantitative estimate of drug-likeness (QED) is 0.561. The number of thiazole rings is 1. The fourth-order valence-corrected chi connectivity index (χ4v) is 5.62. The number of halogens is 3. The lowest BCUT2D eigenvalue weighted by Crippen LogP contribution is -2.41. The lowest BCUT2D eigenvalue weighted by molar-refractivity contribution is -0.126. The van der Waals surface area contributed by atoms with Crippen molar-refractivity contribution in [3.63, 3.8) is 0 Å². The van der Waals surface area contributed by atoms with E-state index in [4.69, 9.17) is 0 Å². The summed E-state index contributed by atoms with van der Waals surface area (Å²) in [6.07, 6.45) is 2.64. The molecule has 2 amide bonds. The van der Waals surface area contributed by atoms with Crippen LogP contribution in [0, 0.1) is 0 Å². The van der Waals surface area contributed by atoms with Gasteiger partial charge in [0.05, 0.1) is 21.2 Å². The van der Waals surface area contributed by atoms with Gasteiger partial charge < -0.3 is 15.4 Å². The zero-order valence-electron chi connectivity index (χ0n) is 14.9. The molecule has 1 atom stereocenters. The van der Waals surface area contributed by atoms with E-state index in [0.29, 0.717) is 4.70 Å². The van der Waals surface area contributed by atoms with Gasteiger partial charge in [-0.2, -0.15) is 8.78 Å². The zero-order valence-corrected chi connectivity index (χ0v) is 18.2. The number of ether oxygens (including phenoxy) is 1. The molecule has 2 aromatic rings. The predicted molar refractivity (Wildman–Crippen MR) is 106 cm³/mol. The van der Waals surface area contributed by atoms with Crippen LogP contribution in [-0.2, 0) is 19.4 Å². The van der Waals surface area contributed by atoms with Gasteiger partial charge >= 0.3 is 6.61 Å². The van der Waals surface area contributed by atoms with Gasteiger partial charge in [0.2, 0.25) is 11.8 Å². The van der Waals surface area contributed by atoms with Gasteiger partial charge in [-0.15, -0.1) is 11.3 Å². The van der Waals surface area contributed by atoms with Gasteiger partial charge in [0.1, 0.15) is 10.8 Å². The second-order valence-electron chi connectivity index (χ2n) is 6.45. The van der Waals surface area contributed by atoms with Crippen molar-refractivity contribution in [3.8, 4) is 5.75 Å². The van der Waals surface area contributed by atoms with Crippen LogP contribution in [0.4, 0.5) is 8.78 Å². The maximum absolute atomic E-state index is 12.5. The van der Waals surface area contributed by atoms with E-state index in [9.17, 15) is 26.8 Å². The van der Waals surface area contributed by atoms with Crippen LogP contribution in [0.3, 0.4) is 0 Å². The third kappa shape index (κ3) is 5.60. The summed E-state index contributed by atoms with van der Waals surface area (Å²) < 4.78 is 54.6. The summed E-state index contributed by atoms with van der Waals surface area (Å²) in [5.74, 6) is -1.46. The summed E-state index contributed by atoms with van der Waals surface area (Å²) in [6, 6.07) is 2.79. The zero-order chi connectivity index (χ0) is 21.3. The van der Waals surface area contributed by atoms with Crippen molar-refractivity contribution >= 4 is 59.1 Å². The van der Waals surface area contributed by atoms with E-state index in [0.717, 1.165) is 30.4 Å². The summed E-state index contributed by atoms with van der Waals surface area (Å²) in [4.78, 5) is 28.4. The number of fused-ring (bicyclic) bond motifs is 1. The lowest BCUT2D eigenvalue weighted by atomic mass is 10.3. The first-order chi connectivity index (χ1) is 13.5. The predicted octanol–water partition coefficient (Wildman–Crippen LogP) is 2.14. The van der Waals surface area contributed by atoms with Gasteiger partial charge in [0.25, 0.3) is 0 Å². The van der Waals surface area contributed by atoms with Crippen molar-refractivity contribution in [3.05, 3.63) is 21.6 Å². The van der Waals surface area contributed by atoms with Gasteiger partial charge in [0.15, 0.2) is 15.1 Å². The van der Waals surface area contributed by atoms with Gasteiger partial charge in [-0.3, -0.25) is 9.59 Å². The van der Waals surface area contributed by atoms with Crippen LogP contribution in [0.15, 0.2) is 16.6 Å². The summed E-state index contributed by atoms with van der Waals surface area (Å²) in [6.45, 7) is -3.40. The van der Waals surface area contributed by atoms with E-state index in [-0.39, 0.29) is 33.3 Å². The highest BCUT2D eigenvalue weighted by Crippen LogP contribution is 2.37. The molecule has 0 radical (unpaired) electrons. The minimum absolute atomic E-state index is 0.0382. The molecule has 0 spiro atoms. The first-order valence-electron chi connectivity index (χ1n) is 8.35. The molecule has 0 saturated heterocycles. The molecule has 13 heteroatoms. The van der Waals surface area contributed by atoms with E-state index in [2.05, 4.69) is 36.3 Å². The second kappa shape index (κ2) is 8.48. The van der Waals surface area contributed by atoms with Crippen LogP contribution >= 0.6 is 27.3 Å². The number of nitrogens with zero attached hydrogens (tertiary/aromatic N) is 1. The van der Waals surface area contributed by atoms with Crippen LogP contribution in [0.25, 0.3) is 10.2 Å². The highest BCUT2D eigenvalue weighted by atomic mass is 79.9. The molecule has 0 bridgehead atoms. The number of carbonyl (C=O) groups is 2. The fraction of sp³-hybridized carbons (Fsp3) is 0.438. The van der Waals surface area contributed by atoms with Crippen molar-refractivity contribution < 1.29 is 31.5 Å². The monoisotopic (exact) mass is 511 g/mol. The molecule has 1 fully saturated rings. The fourth-order valence-electron chi connectivity index (χ4n) is 2.50. The average Bonchev–Trinajstić information content (AvgIpc) is 3.31. The number of amides is 2. The van der Waals surface area contributed by atoms with Gasteiger partial charge in [-0.1, -0.05) is 0 Å². The molecule has 1 aromatic heterocycles. The highest BCUT2D eigenvalue weighted by molar-refractivity contribution is 9.10. The Bertz CT molecular complexity index is 1060. The smallest absolute Gasteiger partial charge is 0.387 e. The number of alkyl halides is 2. The van der Waals surface area contributed by atoms with E-state index < -0.39 is 33.5 Å². The lowest BCUT2D eigenvalue weighted by Gasteiger charge is -2.12. The molecule has 3 rings (SSSR count). The second-order valence-corrected chi connectivity index (χ2v) is 10.5. The van der Waals surface area contributed by atoms with Crippen LogP contribution in [0.5, 0.6) is 5.75 Å². The number of hydrogen-bond donors (Lipinski definition) is 2. The van der Waals surface area contributed by atoms with Crippen molar-refractivity contribution in [1.82, 2.24) is 15.6 Å². The number of benzene rings is 1. The van der Waals surface area contributed by atoms with Crippen LogP contribution in [0.1, 0.15) is 23.1 Å². The van der Waals surface area contributed by atoms with Crippen LogP contribution in [-0.4, -0.2) is 50.7 Å². The van der Waals surface area contributed by atoms with E-state index in [1.165, 1.54) is 12.1 Å². The summed E-state index contributed by atoms with van der Waals surface area (Å²) in [5, 5.41) is 3.33. The van der Waals surface area contributed by atoms with Gasteiger partial charge in [-0.05, 0) is 34.8 Å². The Morgan fingerprint density at radius 3 is 2.66 bits per heavy atom. The van der Waals surface area contributed by atoms with E-state index >= 15 is 0 Å². The summed E-state index contributed by atoms with van der Waals surface area (Å²) in [5.41, 5.74) is 0.205. The Morgan fingerprint density at radius 2 is 2.07 bits per heavy atom. The largest absolute Gasteiger partial charge is 0.434 e. The highest BCUT2D eigenvalue weighted by Gasteiger charge is 2.34. The molecular weight excluding hydrogens is 496 g/mol. The maximum Gasteiger partial charge on any atom is 0.387 e. The molecule has 8 nitrogen and oxygen atoms in total. The van der Waals surface area contributed by atoms with Gasteiger partial charge in [-0.25, -0.2) is 13.4 Å². The topological polar surface area (TPSA) is 114 Å². The normalized spacial score (nSPS) is 15.3. The van der Waals surface area contributed by atoms with Crippen molar-refractivity contribution in [2.75, 3.05) is 12.8 Å². The maximum atomic E-state index is 12.5. The number of aromatic nitrogens is 1. The molecule has 1 heterocycles. The van der Waals surface area contributed by atoms with E-state index in [1.54, 1.807) is 0 Å². The van der Waals surface area contributed by atoms with Gasteiger partial charge in [0, 0.05) is 18.4 Å². The first-order valence-corrected chi connectivity index (χ1v) is 11.9. The number of rotatable bonds is 8. The summed E-state index contributed by atoms with van der Waals surface area (Å²) in [7, 11) is -3.92. The molecule has 1 unspecified atom stereocenters. The number of carbonyl (C=O) groups excluding carboxylic acids is 2. The Labute approximate surface area is 177 Å². The van der Waals surface area contributed by atoms with E-state index in [1.807, 2.05) is 0 Å². The molecular formula is C16H16BrF2N3O5S2. The molecule has 1 saturated carbocycles. The number of sulfone groups is 1. The molecule has 1 aliphatic rings. The Morgan fingerprint density at radius 1 is 1.38 bits per heavy atom. The molecule has 158 valence electrons. The molecule has 29 heavy (non-hydrogen) atoms. The number of nitrogens with one attached hydrogen (secondary N) is 2. The van der Waals surface area contributed by atoms with Crippen molar-refractivity contribution in [2.24, 2.45) is 0 Å². The minimum atomic E-state index is -3.92. The average molecular weight is 512 g/mol. The van der Waals surface area contributed by atoms with Crippen LogP contribution in [0.2, 0.25) is 0 Å². The molecule has 1 aromatic carbocycles. The number of hydrogen-bond acceptors (Lipinski definition) is 7. The summed E-state index contributed by atoms with van der Waals surface area (Å²) >= 11 is 4.04. The standard InChI is InChI=1S/C16H16BrF2N3O5S2/c1-29(25,26)13(14(24)20-6-12(23)21-7-2-3-7)15-22-9-5-10(27-16(18)19)8(17)4-11(9)28-15/h4-5,7,13,16H,2-3,6H2,1H3,(H,20,24)(H,21,23). The van der Waals surface area contributed by atoms with Crippen LogP contribution < -0.4 is 15.4 Å². The minimum Gasteiger partial charge on any atom is -0.434 e. The molecule has 0 aliphatic heterocycles. The Kier molecular flexibility index (Phi) is 6.39. The Balaban J connectivity index is 1.85. The SMILES string of the molecule is CS(=O)(=O)C(C(=O)NCC(=O)NC1CC1)c1nc2cc(OC(F)F)c(Br)cc2s1. The third-order valence-corrected chi connectivity index (χ3v) is 7.08. The molecule has 2 N–H and O–H groups in total. The first kappa shape index (κ1) is 21.8. The molecule has 1 aliphatic carbocycles.